The largest absolute Gasteiger partial charge is 0.323 e. The van der Waals surface area contributed by atoms with Gasteiger partial charge < -0.3 is 4.98 Å². The van der Waals surface area contributed by atoms with E-state index in [0.717, 1.165) is 41.6 Å². The smallest absolute Gasteiger partial charge is 0.267 e. The molecule has 0 radical (unpaired) electrons. The number of H-pyrrole nitrogens is 1. The molecule has 5 heteroatoms. The summed E-state index contributed by atoms with van der Waals surface area (Å²) in [5.41, 5.74) is 3.31. The summed E-state index contributed by atoms with van der Waals surface area (Å²) in [5, 5.41) is 0.841. The Morgan fingerprint density at radius 1 is 1.36 bits per heavy atom. The summed E-state index contributed by atoms with van der Waals surface area (Å²) in [4.78, 5) is 18.6. The monoisotopic (exact) mass is 328 g/mol. The van der Waals surface area contributed by atoms with Gasteiger partial charge in [0.15, 0.2) is 4.77 Å². The molecule has 0 atom stereocenters. The second-order valence-corrected chi connectivity index (χ2v) is 7.15. The van der Waals surface area contributed by atoms with Crippen LogP contribution in [0, 0.1) is 4.77 Å². The van der Waals surface area contributed by atoms with Gasteiger partial charge in [-0.1, -0.05) is 19.1 Å². The topological polar surface area (TPSA) is 37.8 Å². The van der Waals surface area contributed by atoms with Crippen molar-refractivity contribution in [2.45, 2.75) is 32.6 Å². The number of nitrogens with zero attached hydrogens (tertiary/aromatic N) is 1. The highest BCUT2D eigenvalue weighted by molar-refractivity contribution is 7.71. The van der Waals surface area contributed by atoms with E-state index in [-0.39, 0.29) is 5.56 Å². The normalized spacial score (nSPS) is 13.7. The van der Waals surface area contributed by atoms with Gasteiger partial charge in [-0.2, -0.15) is 0 Å². The van der Waals surface area contributed by atoms with Crippen LogP contribution in [0.4, 0.5) is 0 Å². The van der Waals surface area contributed by atoms with E-state index < -0.39 is 0 Å². The van der Waals surface area contributed by atoms with Crippen molar-refractivity contribution >= 4 is 33.8 Å². The number of benzene rings is 1. The Hall–Kier alpha value is -1.72. The lowest BCUT2D eigenvalue weighted by Crippen LogP contribution is -2.20. The second-order valence-electron chi connectivity index (χ2n) is 5.66. The van der Waals surface area contributed by atoms with Crippen molar-refractivity contribution in [1.82, 2.24) is 9.55 Å². The average molecular weight is 328 g/mol. The van der Waals surface area contributed by atoms with Crippen LogP contribution in [0.1, 0.15) is 29.3 Å². The summed E-state index contributed by atoms with van der Waals surface area (Å²) in [6.07, 6.45) is 4.18. The van der Waals surface area contributed by atoms with Gasteiger partial charge >= 0.3 is 0 Å². The molecular weight excluding hydrogens is 312 g/mol. The number of nitrogens with one attached hydrogen (secondary N) is 1. The number of rotatable bonds is 2. The highest BCUT2D eigenvalue weighted by Crippen LogP contribution is 2.34. The highest BCUT2D eigenvalue weighted by Gasteiger charge is 2.21. The van der Waals surface area contributed by atoms with Crippen molar-refractivity contribution in [3.05, 3.63) is 55.4 Å². The van der Waals surface area contributed by atoms with Gasteiger partial charge in [-0.25, -0.2) is 0 Å². The number of aromatic nitrogens is 2. The summed E-state index contributed by atoms with van der Waals surface area (Å²) < 4.78 is 2.12. The molecule has 0 saturated heterocycles. The maximum absolute atomic E-state index is 13.1. The van der Waals surface area contributed by atoms with Crippen LogP contribution in [-0.4, -0.2) is 9.55 Å². The van der Waals surface area contributed by atoms with Crippen LogP contribution >= 0.6 is 23.6 Å². The molecule has 2 heterocycles. The third-order valence-corrected chi connectivity index (χ3v) is 5.83. The molecule has 0 unspecified atom stereocenters. The lowest BCUT2D eigenvalue weighted by atomic mass is 10.1. The standard InChI is InChI=1S/C17H16N2OS2/c1-2-10-5-3-6-11(9-10)19-16(20)14-12-7-4-8-13(12)22-15(14)18-17(19)21/h3,5-6,9H,2,4,7-8H2,1H3,(H,18,21). The fourth-order valence-corrected chi connectivity index (χ4v) is 4.86. The minimum Gasteiger partial charge on any atom is -0.323 e. The maximum Gasteiger partial charge on any atom is 0.267 e. The Labute approximate surface area is 137 Å². The Morgan fingerprint density at radius 3 is 3.05 bits per heavy atom. The molecule has 4 rings (SSSR count). The predicted octanol–water partition coefficient (Wildman–Crippen LogP) is 4.16. The first-order chi connectivity index (χ1) is 10.7. The van der Waals surface area contributed by atoms with Crippen LogP contribution in [0.3, 0.4) is 0 Å². The molecule has 2 aromatic heterocycles. The van der Waals surface area contributed by atoms with E-state index in [4.69, 9.17) is 12.2 Å². The van der Waals surface area contributed by atoms with Crippen LogP contribution in [-0.2, 0) is 19.3 Å². The minimum atomic E-state index is 0.0198. The molecule has 0 spiro atoms. The predicted molar refractivity (Wildman–Crippen MR) is 94.0 cm³/mol. The fraction of sp³-hybridized carbons (Fsp3) is 0.294. The summed E-state index contributed by atoms with van der Waals surface area (Å²) in [7, 11) is 0. The Balaban J connectivity index is 2.06. The van der Waals surface area contributed by atoms with E-state index in [2.05, 4.69) is 18.0 Å². The zero-order chi connectivity index (χ0) is 15.3. The Morgan fingerprint density at radius 2 is 2.23 bits per heavy atom. The third kappa shape index (κ3) is 2.00. The molecule has 0 bridgehead atoms. The number of aryl methyl sites for hydroxylation is 3. The van der Waals surface area contributed by atoms with Gasteiger partial charge in [-0.15, -0.1) is 11.3 Å². The van der Waals surface area contributed by atoms with Crippen molar-refractivity contribution in [3.63, 3.8) is 0 Å². The zero-order valence-electron chi connectivity index (χ0n) is 12.3. The van der Waals surface area contributed by atoms with Crippen LogP contribution in [0.2, 0.25) is 0 Å². The molecule has 1 aliphatic rings. The van der Waals surface area contributed by atoms with Gasteiger partial charge in [0.2, 0.25) is 0 Å². The third-order valence-electron chi connectivity index (χ3n) is 4.34. The Kier molecular flexibility index (Phi) is 3.27. The van der Waals surface area contributed by atoms with Crippen LogP contribution in [0.5, 0.6) is 0 Å². The molecule has 1 aromatic carbocycles. The van der Waals surface area contributed by atoms with Crippen molar-refractivity contribution < 1.29 is 0 Å². The van der Waals surface area contributed by atoms with Crippen LogP contribution in [0.15, 0.2) is 29.1 Å². The number of hydrogen-bond donors (Lipinski definition) is 1. The molecule has 0 aliphatic heterocycles. The van der Waals surface area contributed by atoms with Crippen LogP contribution < -0.4 is 5.56 Å². The van der Waals surface area contributed by atoms with Gasteiger partial charge in [0.25, 0.3) is 5.56 Å². The zero-order valence-corrected chi connectivity index (χ0v) is 13.9. The maximum atomic E-state index is 13.1. The van der Waals surface area contributed by atoms with Crippen LogP contribution in [0.25, 0.3) is 15.9 Å². The van der Waals surface area contributed by atoms with Gasteiger partial charge in [0, 0.05) is 4.88 Å². The fourth-order valence-electron chi connectivity index (χ4n) is 3.23. The SMILES string of the molecule is CCc1cccc(-n2c(=S)[nH]c3sc4c(c3c2=O)CCC4)c1. The molecule has 22 heavy (non-hydrogen) atoms. The molecule has 0 saturated carbocycles. The van der Waals surface area contributed by atoms with E-state index >= 15 is 0 Å². The number of thiophene rings is 1. The van der Waals surface area contributed by atoms with Crippen molar-refractivity contribution in [2.24, 2.45) is 0 Å². The quantitative estimate of drug-likeness (QED) is 0.717. The van der Waals surface area contributed by atoms with Gasteiger partial charge in [0.1, 0.15) is 4.83 Å². The minimum absolute atomic E-state index is 0.0198. The van der Waals surface area contributed by atoms with Crippen molar-refractivity contribution in [3.8, 4) is 5.69 Å². The van der Waals surface area contributed by atoms with Gasteiger partial charge in [-0.05, 0) is 61.2 Å². The lowest BCUT2D eigenvalue weighted by Gasteiger charge is -2.08. The number of fused-ring (bicyclic) bond motifs is 3. The number of hydrogen-bond acceptors (Lipinski definition) is 3. The summed E-state index contributed by atoms with van der Waals surface area (Å²) in [5.74, 6) is 0. The molecule has 1 N–H and O–H groups in total. The average Bonchev–Trinajstić information content (AvgIpc) is 3.07. The molecule has 3 nitrogen and oxygen atoms in total. The van der Waals surface area contributed by atoms with E-state index in [0.29, 0.717) is 4.77 Å². The first kappa shape index (κ1) is 13.9. The highest BCUT2D eigenvalue weighted by atomic mass is 32.1. The van der Waals surface area contributed by atoms with E-state index in [1.165, 1.54) is 16.0 Å². The summed E-state index contributed by atoms with van der Waals surface area (Å²) in [6.45, 7) is 2.11. The first-order valence-corrected chi connectivity index (χ1v) is 8.80. The molecule has 0 fully saturated rings. The second kappa shape index (κ2) is 5.18. The summed E-state index contributed by atoms with van der Waals surface area (Å²) in [6, 6.07) is 8.05. The van der Waals surface area contributed by atoms with Crippen molar-refractivity contribution in [2.75, 3.05) is 0 Å². The molecule has 0 amide bonds. The molecule has 112 valence electrons. The molecule has 3 aromatic rings. The van der Waals surface area contributed by atoms with Crippen molar-refractivity contribution in [1.29, 1.82) is 0 Å². The first-order valence-electron chi connectivity index (χ1n) is 7.58. The molecule has 1 aliphatic carbocycles. The lowest BCUT2D eigenvalue weighted by molar-refractivity contribution is 0.909. The van der Waals surface area contributed by atoms with E-state index in [1.54, 1.807) is 15.9 Å². The van der Waals surface area contributed by atoms with E-state index in [9.17, 15) is 4.79 Å². The summed E-state index contributed by atoms with van der Waals surface area (Å²) >= 11 is 7.14. The van der Waals surface area contributed by atoms with Gasteiger partial charge in [0.05, 0.1) is 11.1 Å². The van der Waals surface area contributed by atoms with Gasteiger partial charge in [-0.3, -0.25) is 9.36 Å². The Bertz CT molecular complexity index is 994. The van der Waals surface area contributed by atoms with E-state index in [1.807, 2.05) is 18.2 Å². The molecular formula is C17H16N2OS2. The number of aromatic amines is 1.